The summed E-state index contributed by atoms with van der Waals surface area (Å²) in [5.74, 6) is 0.207. The zero-order chi connectivity index (χ0) is 19.4. The van der Waals surface area contributed by atoms with Gasteiger partial charge in [-0.05, 0) is 45.7 Å². The molecule has 0 spiro atoms. The van der Waals surface area contributed by atoms with Gasteiger partial charge < -0.3 is 19.7 Å². The molecule has 1 aliphatic carbocycles. The van der Waals surface area contributed by atoms with Crippen molar-refractivity contribution in [1.82, 2.24) is 10.3 Å². The van der Waals surface area contributed by atoms with E-state index in [4.69, 9.17) is 9.47 Å². The first kappa shape index (κ1) is 19.6. The topological polar surface area (TPSA) is 80.8 Å². The van der Waals surface area contributed by atoms with Crippen LogP contribution in [0.15, 0.2) is 18.3 Å². The largest absolute Gasteiger partial charge is 0.464 e. The number of esters is 1. The summed E-state index contributed by atoms with van der Waals surface area (Å²) in [6.45, 7) is 7.72. The fraction of sp³-hybridized carbons (Fsp3) is 0.650. The quantitative estimate of drug-likeness (QED) is 0.796. The van der Waals surface area contributed by atoms with E-state index in [1.54, 1.807) is 19.2 Å². The second-order valence-corrected chi connectivity index (χ2v) is 7.53. The molecule has 2 fully saturated rings. The molecule has 27 heavy (non-hydrogen) atoms. The maximum Gasteiger partial charge on any atom is 0.331 e. The number of nitrogens with one attached hydrogen (secondary N) is 1. The van der Waals surface area contributed by atoms with E-state index >= 15 is 0 Å². The van der Waals surface area contributed by atoms with Gasteiger partial charge in [-0.15, -0.1) is 0 Å². The standard InChI is InChI=1S/C20H29N3O4/c1-4-26-19(25)20(9-5-6-10-20)22-18(24)16-7-8-17(21-11-16)23-12-14(2)27-15(3)13-23/h7-8,11,14-15H,4-6,9-10,12-13H2,1-3H3,(H,22,24)/t14-,15+. The Balaban J connectivity index is 1.69. The molecule has 0 radical (unpaired) electrons. The van der Waals surface area contributed by atoms with Gasteiger partial charge in [-0.2, -0.15) is 0 Å². The van der Waals surface area contributed by atoms with Gasteiger partial charge in [0.25, 0.3) is 5.91 Å². The van der Waals surface area contributed by atoms with E-state index < -0.39 is 5.54 Å². The Morgan fingerprint density at radius 2 is 1.93 bits per heavy atom. The van der Waals surface area contributed by atoms with Crippen molar-refractivity contribution in [3.63, 3.8) is 0 Å². The number of pyridine rings is 1. The van der Waals surface area contributed by atoms with Gasteiger partial charge >= 0.3 is 5.97 Å². The Kier molecular flexibility index (Phi) is 5.99. The molecule has 1 aromatic heterocycles. The summed E-state index contributed by atoms with van der Waals surface area (Å²) >= 11 is 0. The highest BCUT2D eigenvalue weighted by atomic mass is 16.5. The molecular weight excluding hydrogens is 346 g/mol. The number of hydrogen-bond acceptors (Lipinski definition) is 6. The summed E-state index contributed by atoms with van der Waals surface area (Å²) in [7, 11) is 0. The van der Waals surface area contributed by atoms with Gasteiger partial charge in [0.2, 0.25) is 0 Å². The van der Waals surface area contributed by atoms with Crippen LogP contribution < -0.4 is 10.2 Å². The number of ether oxygens (including phenoxy) is 2. The third kappa shape index (κ3) is 4.40. The second kappa shape index (κ2) is 8.25. The Morgan fingerprint density at radius 3 is 2.48 bits per heavy atom. The van der Waals surface area contributed by atoms with Crippen LogP contribution in [0.3, 0.4) is 0 Å². The molecule has 1 saturated heterocycles. The minimum absolute atomic E-state index is 0.144. The number of carbonyl (C=O) groups is 2. The predicted molar refractivity (Wildman–Crippen MR) is 102 cm³/mol. The zero-order valence-corrected chi connectivity index (χ0v) is 16.4. The maximum absolute atomic E-state index is 12.7. The van der Waals surface area contributed by atoms with Crippen LogP contribution >= 0.6 is 0 Å². The van der Waals surface area contributed by atoms with Crippen molar-refractivity contribution in [1.29, 1.82) is 0 Å². The number of anilines is 1. The SMILES string of the molecule is CCOC(=O)C1(NC(=O)c2ccc(N3C[C@@H](C)O[C@@H](C)C3)nc2)CCCC1. The van der Waals surface area contributed by atoms with Gasteiger partial charge in [-0.1, -0.05) is 12.8 Å². The average molecular weight is 375 g/mol. The number of rotatable bonds is 5. The molecule has 1 saturated carbocycles. The van der Waals surface area contributed by atoms with Crippen LogP contribution in [0.2, 0.25) is 0 Å². The normalized spacial score (nSPS) is 24.5. The van der Waals surface area contributed by atoms with Gasteiger partial charge in [0.15, 0.2) is 0 Å². The highest BCUT2D eigenvalue weighted by Crippen LogP contribution is 2.31. The van der Waals surface area contributed by atoms with Crippen molar-refractivity contribution in [2.75, 3.05) is 24.6 Å². The Labute approximate surface area is 160 Å². The van der Waals surface area contributed by atoms with Crippen molar-refractivity contribution in [3.8, 4) is 0 Å². The van der Waals surface area contributed by atoms with Gasteiger partial charge in [0, 0.05) is 19.3 Å². The van der Waals surface area contributed by atoms with Crippen LogP contribution in [0, 0.1) is 0 Å². The molecule has 1 aliphatic heterocycles. The first-order valence-corrected chi connectivity index (χ1v) is 9.80. The molecule has 0 unspecified atom stereocenters. The lowest BCUT2D eigenvalue weighted by molar-refractivity contribution is -0.150. The van der Waals surface area contributed by atoms with E-state index in [0.717, 1.165) is 31.7 Å². The van der Waals surface area contributed by atoms with Crippen LogP contribution in [0.4, 0.5) is 5.82 Å². The van der Waals surface area contributed by atoms with Crippen molar-refractivity contribution >= 4 is 17.7 Å². The van der Waals surface area contributed by atoms with Crippen molar-refractivity contribution in [2.45, 2.75) is 64.2 Å². The Morgan fingerprint density at radius 1 is 1.26 bits per heavy atom. The molecule has 7 heteroatoms. The smallest absolute Gasteiger partial charge is 0.331 e. The van der Waals surface area contributed by atoms with Gasteiger partial charge in [0.05, 0.1) is 24.4 Å². The number of amides is 1. The summed E-state index contributed by atoms with van der Waals surface area (Å²) in [6, 6.07) is 3.61. The third-order valence-electron chi connectivity index (χ3n) is 5.23. The number of carbonyl (C=O) groups excluding carboxylic acids is 2. The fourth-order valence-corrected chi connectivity index (χ4v) is 3.99. The average Bonchev–Trinajstić information content (AvgIpc) is 3.11. The van der Waals surface area contributed by atoms with E-state index in [2.05, 4.69) is 15.2 Å². The van der Waals surface area contributed by atoms with E-state index in [9.17, 15) is 9.59 Å². The molecular formula is C20H29N3O4. The molecule has 0 bridgehead atoms. The minimum atomic E-state index is -0.902. The summed E-state index contributed by atoms with van der Waals surface area (Å²) in [5.41, 5.74) is -0.454. The number of morpholine rings is 1. The van der Waals surface area contributed by atoms with E-state index in [-0.39, 0.29) is 24.1 Å². The minimum Gasteiger partial charge on any atom is -0.464 e. The maximum atomic E-state index is 12.7. The lowest BCUT2D eigenvalue weighted by atomic mass is 9.97. The monoisotopic (exact) mass is 375 g/mol. The summed E-state index contributed by atoms with van der Waals surface area (Å²) in [6.07, 6.45) is 4.91. The molecule has 1 aromatic rings. The summed E-state index contributed by atoms with van der Waals surface area (Å²) < 4.78 is 10.9. The van der Waals surface area contributed by atoms with Crippen molar-refractivity contribution < 1.29 is 19.1 Å². The predicted octanol–water partition coefficient (Wildman–Crippen LogP) is 2.30. The highest BCUT2D eigenvalue weighted by Gasteiger charge is 2.44. The molecule has 0 aromatic carbocycles. The summed E-state index contributed by atoms with van der Waals surface area (Å²) in [5, 5.41) is 2.92. The van der Waals surface area contributed by atoms with Crippen LogP contribution in [0.25, 0.3) is 0 Å². The molecule has 7 nitrogen and oxygen atoms in total. The zero-order valence-electron chi connectivity index (χ0n) is 16.4. The number of nitrogens with zero attached hydrogens (tertiary/aromatic N) is 2. The molecule has 3 rings (SSSR count). The first-order valence-electron chi connectivity index (χ1n) is 9.80. The lowest BCUT2D eigenvalue weighted by Gasteiger charge is -2.36. The van der Waals surface area contributed by atoms with Crippen LogP contribution in [0.5, 0.6) is 0 Å². The van der Waals surface area contributed by atoms with Crippen LogP contribution in [-0.4, -0.2) is 54.3 Å². The fourth-order valence-electron chi connectivity index (χ4n) is 3.99. The van der Waals surface area contributed by atoms with E-state index in [0.29, 0.717) is 25.0 Å². The number of aromatic nitrogens is 1. The summed E-state index contributed by atoms with van der Waals surface area (Å²) in [4.78, 5) is 31.7. The molecule has 1 N–H and O–H groups in total. The first-order chi connectivity index (χ1) is 12.9. The van der Waals surface area contributed by atoms with E-state index in [1.807, 2.05) is 19.9 Å². The second-order valence-electron chi connectivity index (χ2n) is 7.53. The molecule has 1 amide bonds. The van der Waals surface area contributed by atoms with Gasteiger partial charge in [-0.3, -0.25) is 4.79 Å². The van der Waals surface area contributed by atoms with Gasteiger partial charge in [0.1, 0.15) is 11.4 Å². The number of hydrogen-bond donors (Lipinski definition) is 1. The third-order valence-corrected chi connectivity index (χ3v) is 5.23. The lowest BCUT2D eigenvalue weighted by Crippen LogP contribution is -2.53. The Hall–Kier alpha value is -2.15. The molecule has 148 valence electrons. The van der Waals surface area contributed by atoms with Crippen molar-refractivity contribution in [2.24, 2.45) is 0 Å². The van der Waals surface area contributed by atoms with Gasteiger partial charge in [-0.25, -0.2) is 9.78 Å². The van der Waals surface area contributed by atoms with Crippen LogP contribution in [0.1, 0.15) is 56.8 Å². The van der Waals surface area contributed by atoms with E-state index in [1.165, 1.54) is 0 Å². The van der Waals surface area contributed by atoms with Crippen molar-refractivity contribution in [3.05, 3.63) is 23.9 Å². The molecule has 2 aliphatic rings. The highest BCUT2D eigenvalue weighted by molar-refractivity contribution is 5.98. The molecule has 2 atom stereocenters. The molecule has 2 heterocycles. The Bertz CT molecular complexity index is 660. The van der Waals surface area contributed by atoms with Crippen LogP contribution in [-0.2, 0) is 14.3 Å².